The number of aromatic amines is 1. The van der Waals surface area contributed by atoms with E-state index in [4.69, 9.17) is 22.4 Å². The van der Waals surface area contributed by atoms with Crippen LogP contribution in [0.15, 0.2) is 36.4 Å². The summed E-state index contributed by atoms with van der Waals surface area (Å²) in [5.74, 6) is -1.54. The van der Waals surface area contributed by atoms with E-state index < -0.39 is 23.8 Å². The first kappa shape index (κ1) is 20.3. The summed E-state index contributed by atoms with van der Waals surface area (Å²) in [7, 11) is 0. The lowest BCUT2D eigenvalue weighted by atomic mass is 10.0. The highest BCUT2D eigenvalue weighted by molar-refractivity contribution is 6.31. The van der Waals surface area contributed by atoms with Crippen molar-refractivity contribution in [1.82, 2.24) is 15.3 Å². The quantitative estimate of drug-likeness (QED) is 0.470. The van der Waals surface area contributed by atoms with Gasteiger partial charge in [0.15, 0.2) is 0 Å². The Morgan fingerprint density at radius 3 is 2.66 bits per heavy atom. The average molecular weight is 415 g/mol. The summed E-state index contributed by atoms with van der Waals surface area (Å²) < 4.78 is 0. The second kappa shape index (κ2) is 8.32. The summed E-state index contributed by atoms with van der Waals surface area (Å²) in [4.78, 5) is 42.7. The Balaban J connectivity index is 1.88. The van der Waals surface area contributed by atoms with Crippen LogP contribution in [0.25, 0.3) is 11.0 Å². The van der Waals surface area contributed by atoms with Crippen molar-refractivity contribution < 1.29 is 19.5 Å². The SMILES string of the molecule is Cc1cc(C(=O)NC(CCC(=O)O)c2nc3ccc(Cl)cc3[nH]2)ccc1C(N)=O. The molecule has 0 fully saturated rings. The number of aromatic nitrogens is 2. The van der Waals surface area contributed by atoms with Crippen LogP contribution in [0.1, 0.15) is 51.0 Å². The molecule has 1 atom stereocenters. The number of carbonyl (C=O) groups is 3. The maximum atomic E-state index is 12.7. The number of rotatable bonds is 7. The fraction of sp³-hybridized carbons (Fsp3) is 0.200. The highest BCUT2D eigenvalue weighted by Crippen LogP contribution is 2.23. The van der Waals surface area contributed by atoms with Crippen LogP contribution in [-0.4, -0.2) is 32.9 Å². The lowest BCUT2D eigenvalue weighted by molar-refractivity contribution is -0.137. The monoisotopic (exact) mass is 414 g/mol. The van der Waals surface area contributed by atoms with Gasteiger partial charge < -0.3 is 21.1 Å². The summed E-state index contributed by atoms with van der Waals surface area (Å²) in [6.45, 7) is 1.68. The molecular weight excluding hydrogens is 396 g/mol. The first-order valence-corrected chi connectivity index (χ1v) is 9.20. The van der Waals surface area contributed by atoms with E-state index in [1.807, 2.05) is 0 Å². The van der Waals surface area contributed by atoms with Crippen molar-refractivity contribution in [2.45, 2.75) is 25.8 Å². The smallest absolute Gasteiger partial charge is 0.303 e. The molecule has 0 aliphatic rings. The summed E-state index contributed by atoms with van der Waals surface area (Å²) in [6, 6.07) is 9.03. The third-order valence-electron chi connectivity index (χ3n) is 4.50. The molecular formula is C20H19ClN4O4. The Kier molecular flexibility index (Phi) is 5.84. The maximum Gasteiger partial charge on any atom is 0.303 e. The molecule has 150 valence electrons. The minimum absolute atomic E-state index is 0.146. The van der Waals surface area contributed by atoms with Crippen LogP contribution in [0.5, 0.6) is 0 Å². The highest BCUT2D eigenvalue weighted by Gasteiger charge is 2.21. The van der Waals surface area contributed by atoms with Crippen molar-refractivity contribution in [3.05, 3.63) is 63.9 Å². The van der Waals surface area contributed by atoms with Gasteiger partial charge in [0, 0.05) is 22.6 Å². The number of halogens is 1. The summed E-state index contributed by atoms with van der Waals surface area (Å²) >= 11 is 6.00. The first-order valence-electron chi connectivity index (χ1n) is 8.83. The summed E-state index contributed by atoms with van der Waals surface area (Å²) in [6.07, 6.45) is -0.00460. The Morgan fingerprint density at radius 2 is 2.00 bits per heavy atom. The molecule has 0 bridgehead atoms. The molecule has 9 heteroatoms. The van der Waals surface area contributed by atoms with Crippen molar-refractivity contribution in [3.63, 3.8) is 0 Å². The molecule has 8 nitrogen and oxygen atoms in total. The van der Waals surface area contributed by atoms with Crippen LogP contribution in [0, 0.1) is 6.92 Å². The van der Waals surface area contributed by atoms with Gasteiger partial charge in [-0.25, -0.2) is 4.98 Å². The third kappa shape index (κ3) is 4.72. The highest BCUT2D eigenvalue weighted by atomic mass is 35.5. The zero-order chi connectivity index (χ0) is 21.1. The van der Waals surface area contributed by atoms with Gasteiger partial charge in [-0.3, -0.25) is 14.4 Å². The van der Waals surface area contributed by atoms with Crippen molar-refractivity contribution in [2.75, 3.05) is 0 Å². The number of fused-ring (bicyclic) bond motifs is 1. The van der Waals surface area contributed by atoms with Gasteiger partial charge in [0.2, 0.25) is 5.91 Å². The number of hydrogen-bond acceptors (Lipinski definition) is 4. The molecule has 2 amide bonds. The van der Waals surface area contributed by atoms with Gasteiger partial charge in [-0.2, -0.15) is 0 Å². The van der Waals surface area contributed by atoms with Gasteiger partial charge >= 0.3 is 5.97 Å². The molecule has 29 heavy (non-hydrogen) atoms. The predicted molar refractivity (Wildman–Crippen MR) is 108 cm³/mol. The van der Waals surface area contributed by atoms with Crippen LogP contribution < -0.4 is 11.1 Å². The van der Waals surface area contributed by atoms with E-state index in [1.54, 1.807) is 31.2 Å². The number of carbonyl (C=O) groups excluding carboxylic acids is 2. The van der Waals surface area contributed by atoms with Crippen molar-refractivity contribution in [2.24, 2.45) is 5.73 Å². The topological polar surface area (TPSA) is 138 Å². The summed E-state index contributed by atoms with van der Waals surface area (Å²) in [5, 5.41) is 12.4. The minimum Gasteiger partial charge on any atom is -0.481 e. The molecule has 0 spiro atoms. The van der Waals surface area contributed by atoms with Crippen LogP contribution in [0.3, 0.4) is 0 Å². The van der Waals surface area contributed by atoms with E-state index in [2.05, 4.69) is 15.3 Å². The second-order valence-corrected chi connectivity index (χ2v) is 7.07. The molecule has 3 aromatic rings. The van der Waals surface area contributed by atoms with E-state index >= 15 is 0 Å². The Morgan fingerprint density at radius 1 is 1.24 bits per heavy atom. The van der Waals surface area contributed by atoms with Gasteiger partial charge in [0.1, 0.15) is 5.82 Å². The lowest BCUT2D eigenvalue weighted by Crippen LogP contribution is -2.30. The number of carboxylic acid groups (broad SMARTS) is 1. The summed E-state index contributed by atoms with van der Waals surface area (Å²) in [5.41, 5.74) is 7.87. The molecule has 0 aliphatic heterocycles. The zero-order valence-corrected chi connectivity index (χ0v) is 16.3. The van der Waals surface area contributed by atoms with Gasteiger partial charge in [0.25, 0.3) is 5.91 Å². The van der Waals surface area contributed by atoms with Gasteiger partial charge in [0.05, 0.1) is 17.1 Å². The number of primary amides is 1. The standard InChI is InChI=1S/C20H19ClN4O4/c1-10-8-11(2-4-13(10)18(22)28)20(29)25-15(6-7-17(26)27)19-23-14-5-3-12(21)9-16(14)24-19/h2-5,8-9,15H,6-7H2,1H3,(H2,22,28)(H,23,24)(H,25,29)(H,26,27). The lowest BCUT2D eigenvalue weighted by Gasteiger charge is -2.16. The molecule has 1 aromatic heterocycles. The van der Waals surface area contributed by atoms with Gasteiger partial charge in [-0.05, 0) is 55.3 Å². The van der Waals surface area contributed by atoms with Crippen molar-refractivity contribution in [3.8, 4) is 0 Å². The normalized spacial score (nSPS) is 11.9. The Bertz CT molecular complexity index is 1110. The number of imidazole rings is 1. The van der Waals surface area contributed by atoms with Gasteiger partial charge in [-0.1, -0.05) is 11.6 Å². The number of aliphatic carboxylic acids is 1. The number of nitrogens with zero attached hydrogens (tertiary/aromatic N) is 1. The zero-order valence-electron chi connectivity index (χ0n) is 15.5. The van der Waals surface area contributed by atoms with E-state index in [0.717, 1.165) is 0 Å². The Hall–Kier alpha value is -3.39. The molecule has 1 heterocycles. The van der Waals surface area contributed by atoms with E-state index in [9.17, 15) is 14.4 Å². The van der Waals surface area contributed by atoms with Crippen molar-refractivity contribution in [1.29, 1.82) is 0 Å². The molecule has 3 rings (SSSR count). The number of benzene rings is 2. The second-order valence-electron chi connectivity index (χ2n) is 6.64. The van der Waals surface area contributed by atoms with Gasteiger partial charge in [-0.15, -0.1) is 0 Å². The number of amides is 2. The number of nitrogens with two attached hydrogens (primary N) is 1. The number of H-pyrrole nitrogens is 1. The minimum atomic E-state index is -0.981. The first-order chi connectivity index (χ1) is 13.7. The fourth-order valence-corrected chi connectivity index (χ4v) is 3.21. The Labute approximate surface area is 171 Å². The van der Waals surface area contributed by atoms with E-state index in [1.165, 1.54) is 12.1 Å². The van der Waals surface area contributed by atoms with Crippen LogP contribution >= 0.6 is 11.6 Å². The third-order valence-corrected chi connectivity index (χ3v) is 4.73. The molecule has 2 aromatic carbocycles. The molecule has 0 radical (unpaired) electrons. The molecule has 5 N–H and O–H groups in total. The van der Waals surface area contributed by atoms with Crippen LogP contribution in [0.4, 0.5) is 0 Å². The number of hydrogen-bond donors (Lipinski definition) is 4. The number of aryl methyl sites for hydroxylation is 1. The van der Waals surface area contributed by atoms with E-state index in [-0.39, 0.29) is 12.8 Å². The molecule has 0 saturated heterocycles. The van der Waals surface area contributed by atoms with Crippen LogP contribution in [0.2, 0.25) is 5.02 Å². The molecule has 1 unspecified atom stereocenters. The maximum absolute atomic E-state index is 12.7. The average Bonchev–Trinajstić information content (AvgIpc) is 3.07. The predicted octanol–water partition coefficient (Wildman–Crippen LogP) is 2.96. The molecule has 0 saturated carbocycles. The number of carboxylic acids is 1. The van der Waals surface area contributed by atoms with Crippen molar-refractivity contribution >= 4 is 40.4 Å². The molecule has 0 aliphatic carbocycles. The number of nitrogens with one attached hydrogen (secondary N) is 2. The van der Waals surface area contributed by atoms with Crippen LogP contribution in [-0.2, 0) is 4.79 Å². The largest absolute Gasteiger partial charge is 0.481 e. The fourth-order valence-electron chi connectivity index (χ4n) is 3.03. The van der Waals surface area contributed by atoms with E-state index in [0.29, 0.717) is 38.6 Å².